The Hall–Kier alpha value is -2.08. The molecule has 0 aromatic carbocycles. The van der Waals surface area contributed by atoms with Gasteiger partial charge >= 0.3 is 0 Å². The van der Waals surface area contributed by atoms with Crippen LogP contribution in [0.3, 0.4) is 0 Å². The predicted octanol–water partition coefficient (Wildman–Crippen LogP) is 2.94. The van der Waals surface area contributed by atoms with Crippen molar-refractivity contribution in [2.24, 2.45) is 0 Å². The molecule has 0 radical (unpaired) electrons. The van der Waals surface area contributed by atoms with E-state index < -0.39 is 0 Å². The lowest BCUT2D eigenvalue weighted by atomic mass is 10.4. The lowest BCUT2D eigenvalue weighted by Gasteiger charge is -2.06. The van der Waals surface area contributed by atoms with Crippen molar-refractivity contribution in [3.8, 4) is 0 Å². The van der Waals surface area contributed by atoms with Crippen LogP contribution in [0.25, 0.3) is 10.2 Å². The molecule has 18 heavy (non-hydrogen) atoms. The summed E-state index contributed by atoms with van der Waals surface area (Å²) in [6, 6.07) is 5.79. The second-order valence-corrected chi connectivity index (χ2v) is 4.63. The third kappa shape index (κ3) is 2.02. The molecule has 0 unspecified atom stereocenters. The van der Waals surface area contributed by atoms with Crippen molar-refractivity contribution in [1.29, 1.82) is 0 Å². The first-order chi connectivity index (χ1) is 8.86. The molecule has 0 atom stereocenters. The molecule has 2 N–H and O–H groups in total. The van der Waals surface area contributed by atoms with Gasteiger partial charge in [0.05, 0.1) is 23.0 Å². The van der Waals surface area contributed by atoms with Crippen molar-refractivity contribution >= 4 is 33.3 Å². The summed E-state index contributed by atoms with van der Waals surface area (Å²) >= 11 is 1.62. The highest BCUT2D eigenvalue weighted by molar-refractivity contribution is 7.17. The lowest BCUT2D eigenvalue weighted by Crippen LogP contribution is -2.04. The van der Waals surface area contributed by atoms with Crippen LogP contribution in [0.4, 0.5) is 11.8 Å². The molecule has 3 aromatic rings. The van der Waals surface area contributed by atoms with Gasteiger partial charge in [-0.2, -0.15) is 4.98 Å². The van der Waals surface area contributed by atoms with Gasteiger partial charge in [0.15, 0.2) is 0 Å². The molecule has 0 spiro atoms. The Kier molecular flexibility index (Phi) is 2.85. The molecule has 0 saturated carbocycles. The second kappa shape index (κ2) is 4.66. The third-order valence-electron chi connectivity index (χ3n) is 2.54. The number of aromatic nitrogens is 2. The van der Waals surface area contributed by atoms with Gasteiger partial charge in [-0.1, -0.05) is 0 Å². The minimum absolute atomic E-state index is 0.611. The van der Waals surface area contributed by atoms with Crippen LogP contribution in [0.2, 0.25) is 0 Å². The monoisotopic (exact) mass is 260 g/mol. The minimum Gasteiger partial charge on any atom is -0.467 e. The first-order valence-electron chi connectivity index (χ1n) is 5.56. The molecule has 0 aliphatic carbocycles. The molecule has 0 amide bonds. The van der Waals surface area contributed by atoms with E-state index in [0.717, 1.165) is 21.8 Å². The molecule has 0 bridgehead atoms. The number of anilines is 2. The summed E-state index contributed by atoms with van der Waals surface area (Å²) in [6.07, 6.45) is 1.66. The smallest absolute Gasteiger partial charge is 0.225 e. The first kappa shape index (κ1) is 11.0. The molecule has 0 saturated heterocycles. The fourth-order valence-corrected chi connectivity index (χ4v) is 2.48. The number of thiophene rings is 1. The van der Waals surface area contributed by atoms with Crippen LogP contribution in [-0.4, -0.2) is 17.0 Å². The molecule has 5 nitrogen and oxygen atoms in total. The van der Waals surface area contributed by atoms with Gasteiger partial charge in [-0.3, -0.25) is 0 Å². The average molecular weight is 260 g/mol. The number of hydrogen-bond acceptors (Lipinski definition) is 6. The number of nitrogens with one attached hydrogen (secondary N) is 2. The minimum atomic E-state index is 0.611. The Labute approximate surface area is 108 Å². The maximum atomic E-state index is 5.29. The number of hydrogen-bond donors (Lipinski definition) is 2. The Morgan fingerprint density at radius 2 is 2.28 bits per heavy atom. The fourth-order valence-electron chi connectivity index (χ4n) is 1.68. The van der Waals surface area contributed by atoms with E-state index in [2.05, 4.69) is 20.6 Å². The normalized spacial score (nSPS) is 10.7. The number of fused-ring (bicyclic) bond motifs is 1. The first-order valence-corrected chi connectivity index (χ1v) is 6.44. The van der Waals surface area contributed by atoms with E-state index in [1.165, 1.54) is 0 Å². The van der Waals surface area contributed by atoms with Gasteiger partial charge in [0.2, 0.25) is 5.95 Å². The second-order valence-electron chi connectivity index (χ2n) is 3.71. The van der Waals surface area contributed by atoms with E-state index in [1.54, 1.807) is 17.6 Å². The zero-order chi connectivity index (χ0) is 12.4. The summed E-state index contributed by atoms with van der Waals surface area (Å²) in [5.74, 6) is 2.32. The van der Waals surface area contributed by atoms with Crippen LogP contribution in [0.1, 0.15) is 5.76 Å². The average Bonchev–Trinajstić information content (AvgIpc) is 3.06. The summed E-state index contributed by atoms with van der Waals surface area (Å²) in [5, 5.41) is 8.25. The van der Waals surface area contributed by atoms with Gasteiger partial charge in [0.1, 0.15) is 11.6 Å². The molecular formula is C12H12N4OS. The van der Waals surface area contributed by atoms with Crippen LogP contribution in [0.5, 0.6) is 0 Å². The zero-order valence-corrected chi connectivity index (χ0v) is 10.6. The quantitative estimate of drug-likeness (QED) is 0.755. The van der Waals surface area contributed by atoms with Crippen molar-refractivity contribution in [3.63, 3.8) is 0 Å². The Morgan fingerprint density at radius 1 is 1.33 bits per heavy atom. The fraction of sp³-hybridized carbons (Fsp3) is 0.167. The molecule has 0 aliphatic heterocycles. The van der Waals surface area contributed by atoms with Crippen LogP contribution in [-0.2, 0) is 6.54 Å². The van der Waals surface area contributed by atoms with Crippen LogP contribution in [0, 0.1) is 0 Å². The Balaban J connectivity index is 1.92. The van der Waals surface area contributed by atoms with E-state index in [0.29, 0.717) is 12.5 Å². The topological polar surface area (TPSA) is 63.0 Å². The maximum Gasteiger partial charge on any atom is 0.225 e. The lowest BCUT2D eigenvalue weighted by molar-refractivity contribution is 0.518. The van der Waals surface area contributed by atoms with E-state index in [-0.39, 0.29) is 0 Å². The third-order valence-corrected chi connectivity index (χ3v) is 3.45. The highest BCUT2D eigenvalue weighted by Crippen LogP contribution is 2.27. The number of rotatable bonds is 4. The van der Waals surface area contributed by atoms with E-state index >= 15 is 0 Å². The van der Waals surface area contributed by atoms with Gasteiger partial charge in [-0.25, -0.2) is 4.98 Å². The molecule has 3 rings (SSSR count). The van der Waals surface area contributed by atoms with Crippen molar-refractivity contribution in [3.05, 3.63) is 35.6 Å². The van der Waals surface area contributed by atoms with Gasteiger partial charge in [-0.05, 0) is 23.6 Å². The summed E-state index contributed by atoms with van der Waals surface area (Å²) in [5.41, 5.74) is 0.946. The number of furan rings is 1. The predicted molar refractivity (Wildman–Crippen MR) is 73.0 cm³/mol. The molecule has 92 valence electrons. The van der Waals surface area contributed by atoms with Crippen LogP contribution in [0.15, 0.2) is 34.3 Å². The maximum absolute atomic E-state index is 5.29. The van der Waals surface area contributed by atoms with E-state index in [4.69, 9.17) is 4.42 Å². The van der Waals surface area contributed by atoms with Crippen molar-refractivity contribution in [2.45, 2.75) is 6.54 Å². The Morgan fingerprint density at radius 3 is 3.06 bits per heavy atom. The van der Waals surface area contributed by atoms with Gasteiger partial charge in [0, 0.05) is 7.05 Å². The SMILES string of the molecule is CNc1nc(NCc2ccco2)c2sccc2n1. The molecule has 0 aliphatic rings. The highest BCUT2D eigenvalue weighted by Gasteiger charge is 2.08. The molecule has 6 heteroatoms. The molecule has 3 aromatic heterocycles. The van der Waals surface area contributed by atoms with Gasteiger partial charge < -0.3 is 15.1 Å². The molecule has 3 heterocycles. The number of nitrogens with zero attached hydrogens (tertiary/aromatic N) is 2. The largest absolute Gasteiger partial charge is 0.467 e. The van der Waals surface area contributed by atoms with Crippen LogP contribution >= 0.6 is 11.3 Å². The summed E-state index contributed by atoms with van der Waals surface area (Å²) in [7, 11) is 1.81. The van der Waals surface area contributed by atoms with Gasteiger partial charge in [-0.15, -0.1) is 11.3 Å². The highest BCUT2D eigenvalue weighted by atomic mass is 32.1. The Bertz CT molecular complexity index is 647. The zero-order valence-electron chi connectivity index (χ0n) is 9.80. The van der Waals surface area contributed by atoms with Crippen molar-refractivity contribution in [2.75, 3.05) is 17.7 Å². The van der Waals surface area contributed by atoms with Gasteiger partial charge in [0.25, 0.3) is 0 Å². The van der Waals surface area contributed by atoms with Crippen molar-refractivity contribution < 1.29 is 4.42 Å². The molecular weight excluding hydrogens is 248 g/mol. The molecule has 0 fully saturated rings. The van der Waals surface area contributed by atoms with Crippen LogP contribution < -0.4 is 10.6 Å². The standard InChI is InChI=1S/C12H12N4OS/c1-13-12-15-9-4-6-18-10(9)11(16-12)14-7-8-3-2-5-17-8/h2-6H,7H2,1H3,(H2,13,14,15,16). The summed E-state index contributed by atoms with van der Waals surface area (Å²) in [4.78, 5) is 8.81. The van der Waals surface area contributed by atoms with E-state index in [9.17, 15) is 0 Å². The summed E-state index contributed by atoms with van der Waals surface area (Å²) in [6.45, 7) is 0.611. The van der Waals surface area contributed by atoms with Crippen molar-refractivity contribution in [1.82, 2.24) is 9.97 Å². The summed E-state index contributed by atoms with van der Waals surface area (Å²) < 4.78 is 6.34. The van der Waals surface area contributed by atoms with E-state index in [1.807, 2.05) is 30.6 Å².